The molecule has 0 aliphatic carbocycles. The summed E-state index contributed by atoms with van der Waals surface area (Å²) >= 11 is -0.0792. The summed E-state index contributed by atoms with van der Waals surface area (Å²) in [7, 11) is 0. The minimum atomic E-state index is -4.27. The summed E-state index contributed by atoms with van der Waals surface area (Å²) in [5.41, 5.74) is -1.04. The van der Waals surface area contributed by atoms with Gasteiger partial charge in [-0.25, -0.2) is 0 Å². The Balaban J connectivity index is 1.47. The van der Waals surface area contributed by atoms with Crippen LogP contribution >= 0.6 is 11.8 Å². The minimum Gasteiger partial charge on any atom is -0.378 e. The van der Waals surface area contributed by atoms with Crippen molar-refractivity contribution >= 4 is 23.1 Å². The highest BCUT2D eigenvalue weighted by Gasteiger charge is 2.37. The van der Waals surface area contributed by atoms with Crippen molar-refractivity contribution in [2.24, 2.45) is 0 Å². The summed E-state index contributed by atoms with van der Waals surface area (Å²) < 4.78 is 43.3. The molecule has 9 heteroatoms. The van der Waals surface area contributed by atoms with Crippen LogP contribution in [0, 0.1) is 0 Å². The van der Waals surface area contributed by atoms with Crippen LogP contribution in [0.4, 0.5) is 24.5 Å². The molecule has 1 aromatic heterocycles. The van der Waals surface area contributed by atoms with Gasteiger partial charge in [0.05, 0.1) is 31.8 Å². The number of pyridine rings is 1. The van der Waals surface area contributed by atoms with Gasteiger partial charge in [-0.3, -0.25) is 9.88 Å². The molecule has 0 N–H and O–H groups in total. The number of aromatic nitrogens is 1. The Morgan fingerprint density at radius 3 is 2.45 bits per heavy atom. The van der Waals surface area contributed by atoms with Crippen molar-refractivity contribution in [3.8, 4) is 0 Å². The molecule has 4 rings (SSSR count). The number of benzene rings is 1. The first-order valence-corrected chi connectivity index (χ1v) is 11.1. The molecule has 0 spiro atoms. The average molecular weight is 453 g/mol. The van der Waals surface area contributed by atoms with E-state index in [4.69, 9.17) is 4.74 Å². The Kier molecular flexibility index (Phi) is 6.37. The lowest BCUT2D eigenvalue weighted by Crippen LogP contribution is -2.41. The monoisotopic (exact) mass is 452 g/mol. The molecule has 0 amide bonds. The first kappa shape index (κ1) is 22.2. The Hall–Kier alpha value is -1.97. The number of hydrogen-bond acceptors (Lipinski definition) is 6. The SMILES string of the molecule is CC1(C)CN(c2ccc(SC(F)(F)F)cc2)CN1Cc1ccncc1N1CCOCC1. The fourth-order valence-corrected chi connectivity index (χ4v) is 4.69. The van der Waals surface area contributed by atoms with Gasteiger partial charge in [-0.05, 0) is 61.5 Å². The summed E-state index contributed by atoms with van der Waals surface area (Å²) in [5, 5.41) is 0. The third kappa shape index (κ3) is 5.45. The second-order valence-corrected chi connectivity index (χ2v) is 9.63. The van der Waals surface area contributed by atoms with Crippen molar-refractivity contribution in [1.82, 2.24) is 9.88 Å². The highest BCUT2D eigenvalue weighted by Crippen LogP contribution is 2.38. The number of thioether (sulfide) groups is 1. The molecule has 0 atom stereocenters. The first-order chi connectivity index (χ1) is 14.7. The molecule has 0 radical (unpaired) electrons. The van der Waals surface area contributed by atoms with E-state index >= 15 is 0 Å². The van der Waals surface area contributed by atoms with E-state index in [-0.39, 0.29) is 22.2 Å². The fraction of sp³-hybridized carbons (Fsp3) is 0.500. The molecule has 2 aliphatic rings. The molecular weight excluding hydrogens is 425 g/mol. The van der Waals surface area contributed by atoms with Gasteiger partial charge in [-0.1, -0.05) is 0 Å². The van der Waals surface area contributed by atoms with Gasteiger partial charge in [-0.15, -0.1) is 0 Å². The van der Waals surface area contributed by atoms with Crippen LogP contribution in [0.15, 0.2) is 47.6 Å². The van der Waals surface area contributed by atoms with Crippen LogP contribution in [-0.4, -0.2) is 60.4 Å². The van der Waals surface area contributed by atoms with Crippen molar-refractivity contribution in [3.05, 3.63) is 48.3 Å². The zero-order chi connectivity index (χ0) is 22.1. The van der Waals surface area contributed by atoms with Gasteiger partial charge in [0, 0.05) is 48.5 Å². The lowest BCUT2D eigenvalue weighted by atomic mass is 10.0. The zero-order valence-corrected chi connectivity index (χ0v) is 18.5. The van der Waals surface area contributed by atoms with Gasteiger partial charge in [0.15, 0.2) is 0 Å². The van der Waals surface area contributed by atoms with Crippen molar-refractivity contribution in [1.29, 1.82) is 0 Å². The van der Waals surface area contributed by atoms with Crippen molar-refractivity contribution < 1.29 is 17.9 Å². The van der Waals surface area contributed by atoms with Crippen molar-refractivity contribution in [3.63, 3.8) is 0 Å². The maximum absolute atomic E-state index is 12.6. The molecule has 2 aromatic rings. The van der Waals surface area contributed by atoms with Gasteiger partial charge in [0.2, 0.25) is 0 Å². The molecule has 31 heavy (non-hydrogen) atoms. The van der Waals surface area contributed by atoms with Crippen LogP contribution in [-0.2, 0) is 11.3 Å². The average Bonchev–Trinajstić information content (AvgIpc) is 3.02. The lowest BCUT2D eigenvalue weighted by molar-refractivity contribution is -0.0328. The van der Waals surface area contributed by atoms with E-state index in [1.54, 1.807) is 24.3 Å². The number of morpholine rings is 1. The Morgan fingerprint density at radius 1 is 1.06 bits per heavy atom. The molecule has 2 saturated heterocycles. The van der Waals surface area contributed by atoms with Crippen molar-refractivity contribution in [2.75, 3.05) is 49.3 Å². The van der Waals surface area contributed by atoms with Gasteiger partial charge >= 0.3 is 5.51 Å². The fourth-order valence-electron chi connectivity index (χ4n) is 4.15. The Bertz CT molecular complexity index is 885. The summed E-state index contributed by atoms with van der Waals surface area (Å²) in [6, 6.07) is 8.72. The van der Waals surface area contributed by atoms with E-state index in [9.17, 15) is 13.2 Å². The predicted octanol–water partition coefficient (Wildman–Crippen LogP) is 4.59. The maximum Gasteiger partial charge on any atom is 0.446 e. The second-order valence-electron chi connectivity index (χ2n) is 8.50. The Labute approximate surface area is 185 Å². The molecule has 0 saturated carbocycles. The van der Waals surface area contributed by atoms with E-state index in [0.29, 0.717) is 6.67 Å². The van der Waals surface area contributed by atoms with Gasteiger partial charge in [0.25, 0.3) is 0 Å². The lowest BCUT2D eigenvalue weighted by Gasteiger charge is -2.33. The summed E-state index contributed by atoms with van der Waals surface area (Å²) in [6.45, 7) is 9.86. The van der Waals surface area contributed by atoms with E-state index in [1.165, 1.54) is 5.56 Å². The molecule has 168 valence electrons. The van der Waals surface area contributed by atoms with Crippen LogP contribution in [0.1, 0.15) is 19.4 Å². The van der Waals surface area contributed by atoms with Gasteiger partial charge in [-0.2, -0.15) is 13.2 Å². The van der Waals surface area contributed by atoms with Gasteiger partial charge in [0.1, 0.15) is 0 Å². The summed E-state index contributed by atoms with van der Waals surface area (Å²) in [4.78, 5) is 11.5. The van der Waals surface area contributed by atoms with Gasteiger partial charge < -0.3 is 14.5 Å². The molecule has 0 bridgehead atoms. The zero-order valence-electron chi connectivity index (χ0n) is 17.7. The van der Waals surface area contributed by atoms with E-state index in [2.05, 4.69) is 39.6 Å². The smallest absolute Gasteiger partial charge is 0.378 e. The van der Waals surface area contributed by atoms with Crippen molar-refractivity contribution in [2.45, 2.75) is 36.3 Å². The van der Waals surface area contributed by atoms with E-state index < -0.39 is 5.51 Å². The summed E-state index contributed by atoms with van der Waals surface area (Å²) in [6.07, 6.45) is 3.76. The predicted molar refractivity (Wildman–Crippen MR) is 117 cm³/mol. The topological polar surface area (TPSA) is 31.8 Å². The normalized spacial score (nSPS) is 19.8. The summed E-state index contributed by atoms with van der Waals surface area (Å²) in [5.74, 6) is 0. The quantitative estimate of drug-likeness (QED) is 0.617. The highest BCUT2D eigenvalue weighted by molar-refractivity contribution is 8.00. The standard InChI is InChI=1S/C22H27F3N4OS/c1-21(2)15-28(18-3-5-19(6-4-18)31-22(23,24)25)16-29(21)14-17-7-8-26-13-20(17)27-9-11-30-12-10-27/h3-8,13H,9-12,14-16H2,1-2H3. The van der Waals surface area contributed by atoms with Crippen LogP contribution < -0.4 is 9.80 Å². The highest BCUT2D eigenvalue weighted by atomic mass is 32.2. The number of rotatable bonds is 5. The van der Waals surface area contributed by atoms with E-state index in [1.807, 2.05) is 12.4 Å². The third-order valence-electron chi connectivity index (χ3n) is 5.81. The van der Waals surface area contributed by atoms with Crippen LogP contribution in [0.3, 0.4) is 0 Å². The second kappa shape index (κ2) is 8.88. The van der Waals surface area contributed by atoms with E-state index in [0.717, 1.165) is 50.8 Å². The number of ether oxygens (including phenoxy) is 1. The number of halogens is 3. The molecule has 2 aliphatic heterocycles. The number of nitrogens with zero attached hydrogens (tertiary/aromatic N) is 4. The molecular formula is C22H27F3N4OS. The van der Waals surface area contributed by atoms with Crippen LogP contribution in [0.5, 0.6) is 0 Å². The number of hydrogen-bond donors (Lipinski definition) is 0. The number of alkyl halides is 3. The largest absolute Gasteiger partial charge is 0.446 e. The molecule has 0 unspecified atom stereocenters. The maximum atomic E-state index is 12.6. The third-order valence-corrected chi connectivity index (χ3v) is 6.55. The van der Waals surface area contributed by atoms with Crippen LogP contribution in [0.2, 0.25) is 0 Å². The molecule has 3 heterocycles. The Morgan fingerprint density at radius 2 is 1.77 bits per heavy atom. The minimum absolute atomic E-state index is 0.0784. The van der Waals surface area contributed by atoms with Crippen LogP contribution in [0.25, 0.3) is 0 Å². The first-order valence-electron chi connectivity index (χ1n) is 10.3. The molecule has 1 aromatic carbocycles. The molecule has 2 fully saturated rings. The molecule has 5 nitrogen and oxygen atoms in total. The number of anilines is 2.